The van der Waals surface area contributed by atoms with Crippen LogP contribution in [0.1, 0.15) is 35.8 Å². The maximum absolute atomic E-state index is 13.3. The Hall–Kier alpha value is -4.32. The minimum absolute atomic E-state index is 0.00305. The monoisotopic (exact) mass is 448 g/mol. The number of azo groups is 1. The van der Waals surface area contributed by atoms with Crippen LogP contribution in [0.5, 0.6) is 5.88 Å². The smallest absolute Gasteiger partial charge is 0.296 e. The van der Waals surface area contributed by atoms with Crippen LogP contribution < -0.4 is 0 Å². The minimum Gasteiger partial charge on any atom is -0.493 e. The second kappa shape index (κ2) is 8.56. The van der Waals surface area contributed by atoms with E-state index < -0.39 is 5.91 Å². The van der Waals surface area contributed by atoms with Gasteiger partial charge in [0.1, 0.15) is 0 Å². The zero-order valence-electron chi connectivity index (χ0n) is 19.2. The molecule has 6 heteroatoms. The van der Waals surface area contributed by atoms with Gasteiger partial charge in [-0.2, -0.15) is 0 Å². The fourth-order valence-electron chi connectivity index (χ4n) is 4.28. The maximum atomic E-state index is 13.3. The summed E-state index contributed by atoms with van der Waals surface area (Å²) in [6, 6.07) is 24.8. The van der Waals surface area contributed by atoms with Crippen molar-refractivity contribution in [1.82, 2.24) is 9.55 Å². The van der Waals surface area contributed by atoms with Gasteiger partial charge in [-0.3, -0.25) is 4.79 Å². The van der Waals surface area contributed by atoms with Gasteiger partial charge in [0.2, 0.25) is 5.88 Å². The van der Waals surface area contributed by atoms with E-state index in [1.54, 1.807) is 10.6 Å². The molecule has 0 aliphatic rings. The van der Waals surface area contributed by atoms with Crippen molar-refractivity contribution in [3.63, 3.8) is 0 Å². The Kier molecular flexibility index (Phi) is 5.42. The Morgan fingerprint density at radius 3 is 2.44 bits per heavy atom. The van der Waals surface area contributed by atoms with Crippen LogP contribution in [0, 0.1) is 6.92 Å². The number of carbonyl (C=O) groups is 1. The molecular formula is C28H24N4O2. The van der Waals surface area contributed by atoms with Gasteiger partial charge in [0.25, 0.3) is 5.91 Å². The number of hydrogen-bond acceptors (Lipinski definition) is 4. The number of carbonyl (C=O) groups excluding carboxylic acids is 1. The molecule has 3 aromatic carbocycles. The molecule has 0 aliphatic heterocycles. The summed E-state index contributed by atoms with van der Waals surface area (Å²) >= 11 is 0. The molecule has 0 aliphatic carbocycles. The highest BCUT2D eigenvalue weighted by Crippen LogP contribution is 2.41. The number of aryl methyl sites for hydroxylation is 1. The molecule has 0 bridgehead atoms. The van der Waals surface area contributed by atoms with Crippen molar-refractivity contribution in [3.8, 4) is 17.1 Å². The van der Waals surface area contributed by atoms with Crippen LogP contribution in [-0.2, 0) is 0 Å². The molecule has 1 amide bonds. The average Bonchev–Trinajstić information content (AvgIpc) is 3.12. The van der Waals surface area contributed by atoms with Crippen molar-refractivity contribution < 1.29 is 9.90 Å². The molecule has 6 nitrogen and oxygen atoms in total. The van der Waals surface area contributed by atoms with E-state index in [1.165, 1.54) is 0 Å². The van der Waals surface area contributed by atoms with Gasteiger partial charge in [0.05, 0.1) is 22.3 Å². The van der Waals surface area contributed by atoms with Gasteiger partial charge in [-0.05, 0) is 45.0 Å². The van der Waals surface area contributed by atoms with Gasteiger partial charge < -0.3 is 9.67 Å². The average molecular weight is 449 g/mol. The van der Waals surface area contributed by atoms with Crippen LogP contribution in [0.4, 0.5) is 5.69 Å². The third-order valence-corrected chi connectivity index (χ3v) is 5.88. The van der Waals surface area contributed by atoms with Gasteiger partial charge in [0, 0.05) is 22.4 Å². The number of para-hydroxylation sites is 1. The summed E-state index contributed by atoms with van der Waals surface area (Å²) in [5.41, 5.74) is 4.89. The summed E-state index contributed by atoms with van der Waals surface area (Å²) < 4.78 is 1.79. The Morgan fingerprint density at radius 1 is 0.941 bits per heavy atom. The second-order valence-electron chi connectivity index (χ2n) is 8.60. The number of pyridine rings is 1. The first kappa shape index (κ1) is 21.5. The first-order chi connectivity index (χ1) is 16.4. The third kappa shape index (κ3) is 3.73. The van der Waals surface area contributed by atoms with Gasteiger partial charge in [-0.15, -0.1) is 10.2 Å². The predicted octanol–water partition coefficient (Wildman–Crippen LogP) is 7.38. The van der Waals surface area contributed by atoms with E-state index in [1.807, 2.05) is 93.6 Å². The lowest BCUT2D eigenvalue weighted by Crippen LogP contribution is -1.99. The van der Waals surface area contributed by atoms with E-state index in [0.29, 0.717) is 27.8 Å². The molecule has 168 valence electrons. The molecule has 2 heterocycles. The first-order valence-electron chi connectivity index (χ1n) is 11.2. The number of fused-ring (bicyclic) bond motifs is 2. The number of nitrogens with zero attached hydrogens (tertiary/aromatic N) is 4. The lowest BCUT2D eigenvalue weighted by atomic mass is 10.0. The summed E-state index contributed by atoms with van der Waals surface area (Å²) in [4.78, 5) is 18.0. The van der Waals surface area contributed by atoms with Crippen molar-refractivity contribution in [2.75, 3.05) is 0 Å². The molecule has 0 saturated heterocycles. The standard InChI is InChI=1S/C28H24N4O2/c1-17(2)32-25-14-13-18(3)15-22(25)26(28(32)34)30-31-27(33)21-16-24(19-9-5-4-6-10-19)29-23-12-8-7-11-20(21)23/h4-17,34H,1-3H3. The van der Waals surface area contributed by atoms with Crippen LogP contribution >= 0.6 is 0 Å². The van der Waals surface area contributed by atoms with Crippen molar-refractivity contribution >= 4 is 33.4 Å². The molecule has 0 atom stereocenters. The second-order valence-corrected chi connectivity index (χ2v) is 8.60. The number of amides is 1. The molecule has 34 heavy (non-hydrogen) atoms. The van der Waals surface area contributed by atoms with Crippen molar-refractivity contribution in [2.24, 2.45) is 10.2 Å². The molecule has 0 fully saturated rings. The maximum Gasteiger partial charge on any atom is 0.296 e. The summed E-state index contributed by atoms with van der Waals surface area (Å²) in [6.07, 6.45) is 0. The van der Waals surface area contributed by atoms with Crippen LogP contribution in [0.25, 0.3) is 33.1 Å². The summed E-state index contributed by atoms with van der Waals surface area (Å²) in [7, 11) is 0. The van der Waals surface area contributed by atoms with Gasteiger partial charge in [-0.25, -0.2) is 4.98 Å². The SMILES string of the molecule is Cc1ccc2c(c1)c(N=NC(=O)c1cc(-c3ccccc3)nc3ccccc13)c(O)n2C(C)C. The van der Waals surface area contributed by atoms with Gasteiger partial charge in [0.15, 0.2) is 5.69 Å². The molecular weight excluding hydrogens is 424 g/mol. The molecule has 2 aromatic heterocycles. The van der Waals surface area contributed by atoms with Crippen LogP contribution in [-0.4, -0.2) is 20.6 Å². The fourth-order valence-corrected chi connectivity index (χ4v) is 4.28. The molecule has 1 N–H and O–H groups in total. The van der Waals surface area contributed by atoms with Crippen LogP contribution in [0.15, 0.2) is 89.1 Å². The van der Waals surface area contributed by atoms with E-state index >= 15 is 0 Å². The molecule has 5 aromatic rings. The van der Waals surface area contributed by atoms with Gasteiger partial charge in [-0.1, -0.05) is 60.2 Å². The van der Waals surface area contributed by atoms with E-state index in [4.69, 9.17) is 4.98 Å². The normalized spacial score (nSPS) is 11.8. The minimum atomic E-state index is -0.492. The largest absolute Gasteiger partial charge is 0.493 e. The van der Waals surface area contributed by atoms with E-state index in [9.17, 15) is 9.90 Å². The highest BCUT2D eigenvalue weighted by Gasteiger charge is 2.20. The first-order valence-corrected chi connectivity index (χ1v) is 11.2. The Balaban J connectivity index is 1.63. The van der Waals surface area contributed by atoms with Crippen molar-refractivity contribution in [1.29, 1.82) is 0 Å². The summed E-state index contributed by atoms with van der Waals surface area (Å²) in [5, 5.41) is 20.7. The molecule has 0 radical (unpaired) electrons. The molecule has 5 rings (SSSR count). The number of benzene rings is 3. The zero-order valence-corrected chi connectivity index (χ0v) is 19.2. The molecule has 0 spiro atoms. The van der Waals surface area contributed by atoms with E-state index in [0.717, 1.165) is 22.0 Å². The number of aromatic nitrogens is 2. The lowest BCUT2D eigenvalue weighted by Gasteiger charge is -2.10. The van der Waals surface area contributed by atoms with Crippen molar-refractivity contribution in [2.45, 2.75) is 26.8 Å². The molecule has 0 unspecified atom stereocenters. The zero-order chi connectivity index (χ0) is 23.8. The Morgan fingerprint density at radius 2 is 1.68 bits per heavy atom. The predicted molar refractivity (Wildman–Crippen MR) is 135 cm³/mol. The van der Waals surface area contributed by atoms with E-state index in [-0.39, 0.29) is 11.9 Å². The third-order valence-electron chi connectivity index (χ3n) is 5.88. The number of rotatable bonds is 4. The number of hydrogen-bond donors (Lipinski definition) is 1. The topological polar surface area (TPSA) is 79.8 Å². The molecule has 0 saturated carbocycles. The number of aromatic hydroxyl groups is 1. The lowest BCUT2D eigenvalue weighted by molar-refractivity contribution is 0.0996. The Labute approximate surface area is 197 Å². The van der Waals surface area contributed by atoms with Crippen molar-refractivity contribution in [3.05, 3.63) is 90.0 Å². The van der Waals surface area contributed by atoms with E-state index in [2.05, 4.69) is 10.2 Å². The highest BCUT2D eigenvalue weighted by atomic mass is 16.3. The fraction of sp³-hybridized carbons (Fsp3) is 0.143. The van der Waals surface area contributed by atoms with Crippen LogP contribution in [0.3, 0.4) is 0 Å². The van der Waals surface area contributed by atoms with Gasteiger partial charge >= 0.3 is 0 Å². The quantitative estimate of drug-likeness (QED) is 0.291. The summed E-state index contributed by atoms with van der Waals surface area (Å²) in [5.74, 6) is -0.495. The Bertz CT molecular complexity index is 1570. The van der Waals surface area contributed by atoms with Crippen LogP contribution in [0.2, 0.25) is 0 Å². The highest BCUT2D eigenvalue weighted by molar-refractivity contribution is 6.07. The summed E-state index contributed by atoms with van der Waals surface area (Å²) in [6.45, 7) is 5.95.